The van der Waals surface area contributed by atoms with Gasteiger partial charge in [0.25, 0.3) is 0 Å². The van der Waals surface area contributed by atoms with Gasteiger partial charge in [-0.1, -0.05) is 29.3 Å². The second-order valence-electron chi connectivity index (χ2n) is 3.68. The van der Waals surface area contributed by atoms with Gasteiger partial charge in [0.15, 0.2) is 0 Å². The molecule has 1 rings (SSSR count). The monoisotopic (exact) mass is 247 g/mol. The zero-order valence-corrected chi connectivity index (χ0v) is 10.1. The van der Waals surface area contributed by atoms with Crippen molar-refractivity contribution in [2.24, 2.45) is 5.73 Å². The minimum atomic E-state index is -0.384. The van der Waals surface area contributed by atoms with Crippen molar-refractivity contribution in [1.29, 1.82) is 0 Å². The Bertz CT molecular complexity index is 328. The summed E-state index contributed by atoms with van der Waals surface area (Å²) in [5.74, 6) is 0.0785. The Labute approximate surface area is 100.0 Å². The van der Waals surface area contributed by atoms with Crippen molar-refractivity contribution in [3.63, 3.8) is 0 Å². The van der Waals surface area contributed by atoms with Crippen molar-refractivity contribution >= 4 is 23.2 Å². The van der Waals surface area contributed by atoms with Gasteiger partial charge in [0.1, 0.15) is 0 Å². The molecule has 1 aromatic rings. The van der Waals surface area contributed by atoms with Gasteiger partial charge in [0, 0.05) is 16.0 Å². The average Bonchev–Trinajstić information content (AvgIpc) is 2.14. The quantitative estimate of drug-likeness (QED) is 0.860. The summed E-state index contributed by atoms with van der Waals surface area (Å²) >= 11 is 11.9. The van der Waals surface area contributed by atoms with E-state index in [1.54, 1.807) is 19.1 Å². The predicted octanol–water partition coefficient (Wildman–Crippen LogP) is 2.81. The van der Waals surface area contributed by atoms with Gasteiger partial charge in [0.2, 0.25) is 0 Å². The summed E-state index contributed by atoms with van der Waals surface area (Å²) in [4.78, 5) is 0. The number of benzene rings is 1. The maximum absolute atomic E-state index is 9.34. The summed E-state index contributed by atoms with van der Waals surface area (Å²) in [6.45, 7) is 2.21. The van der Waals surface area contributed by atoms with Crippen molar-refractivity contribution < 1.29 is 5.11 Å². The molecule has 2 unspecified atom stereocenters. The zero-order chi connectivity index (χ0) is 11.4. The summed E-state index contributed by atoms with van der Waals surface area (Å²) in [6, 6.07) is 5.35. The third kappa shape index (κ3) is 3.65. The van der Waals surface area contributed by atoms with Gasteiger partial charge >= 0.3 is 0 Å². The van der Waals surface area contributed by atoms with E-state index in [0.29, 0.717) is 23.0 Å². The maximum Gasteiger partial charge on any atom is 0.0518 e. The lowest BCUT2D eigenvalue weighted by Crippen LogP contribution is -2.17. The molecule has 0 fully saturated rings. The van der Waals surface area contributed by atoms with Gasteiger partial charge in [-0.15, -0.1) is 0 Å². The number of hydrogen-bond acceptors (Lipinski definition) is 2. The van der Waals surface area contributed by atoms with Crippen LogP contribution in [0.5, 0.6) is 0 Å². The van der Waals surface area contributed by atoms with Crippen LogP contribution in [0, 0.1) is 0 Å². The summed E-state index contributed by atoms with van der Waals surface area (Å²) in [5.41, 5.74) is 6.61. The van der Waals surface area contributed by atoms with Gasteiger partial charge in [-0.25, -0.2) is 0 Å². The molecule has 0 aliphatic carbocycles. The predicted molar refractivity (Wildman–Crippen MR) is 64.6 cm³/mol. The summed E-state index contributed by atoms with van der Waals surface area (Å²) in [7, 11) is 0. The van der Waals surface area contributed by atoms with Crippen molar-refractivity contribution in [2.75, 3.05) is 6.54 Å². The molecule has 2 nitrogen and oxygen atoms in total. The molecule has 0 amide bonds. The maximum atomic E-state index is 9.34. The van der Waals surface area contributed by atoms with Crippen LogP contribution in [0.15, 0.2) is 18.2 Å². The summed E-state index contributed by atoms with van der Waals surface area (Å²) < 4.78 is 0. The van der Waals surface area contributed by atoms with Crippen LogP contribution in [0.4, 0.5) is 0 Å². The number of rotatable bonds is 4. The molecule has 0 radical (unpaired) electrons. The first-order valence-corrected chi connectivity index (χ1v) is 5.63. The molecule has 0 spiro atoms. The largest absolute Gasteiger partial charge is 0.393 e. The molecule has 0 aliphatic heterocycles. The fourth-order valence-electron chi connectivity index (χ4n) is 1.59. The zero-order valence-electron chi connectivity index (χ0n) is 8.58. The molecule has 4 heteroatoms. The molecule has 1 aromatic carbocycles. The minimum Gasteiger partial charge on any atom is -0.393 e. The third-order valence-corrected chi connectivity index (χ3v) is 2.87. The van der Waals surface area contributed by atoms with E-state index in [0.717, 1.165) is 5.56 Å². The van der Waals surface area contributed by atoms with Crippen LogP contribution in [0.1, 0.15) is 24.8 Å². The molecule has 0 bridgehead atoms. The van der Waals surface area contributed by atoms with E-state index < -0.39 is 0 Å². The molecule has 0 saturated heterocycles. The highest BCUT2D eigenvalue weighted by atomic mass is 35.5. The van der Waals surface area contributed by atoms with E-state index >= 15 is 0 Å². The van der Waals surface area contributed by atoms with Crippen molar-refractivity contribution in [2.45, 2.75) is 25.4 Å². The van der Waals surface area contributed by atoms with Gasteiger partial charge in [0.05, 0.1) is 6.10 Å². The molecule has 0 heterocycles. The molecule has 15 heavy (non-hydrogen) atoms. The van der Waals surface area contributed by atoms with Crippen LogP contribution in [0.3, 0.4) is 0 Å². The number of aliphatic hydroxyl groups is 1. The van der Waals surface area contributed by atoms with Gasteiger partial charge < -0.3 is 10.8 Å². The van der Waals surface area contributed by atoms with E-state index in [2.05, 4.69) is 0 Å². The lowest BCUT2D eigenvalue weighted by molar-refractivity contribution is 0.175. The van der Waals surface area contributed by atoms with Crippen molar-refractivity contribution in [3.05, 3.63) is 33.8 Å². The Morgan fingerprint density at radius 3 is 2.53 bits per heavy atom. The van der Waals surface area contributed by atoms with E-state index in [-0.39, 0.29) is 12.0 Å². The van der Waals surface area contributed by atoms with Crippen LogP contribution in [0.25, 0.3) is 0 Å². The number of hydrogen-bond donors (Lipinski definition) is 2. The Kier molecular flexibility index (Phi) is 4.87. The van der Waals surface area contributed by atoms with Crippen LogP contribution in [0.2, 0.25) is 10.0 Å². The molecule has 0 saturated carbocycles. The average molecular weight is 248 g/mol. The van der Waals surface area contributed by atoms with Gasteiger partial charge in [-0.2, -0.15) is 0 Å². The SMILES string of the molecule is CC(O)CC(CN)c1ccc(Cl)cc1Cl. The van der Waals surface area contributed by atoms with Crippen molar-refractivity contribution in [1.82, 2.24) is 0 Å². The summed E-state index contributed by atoms with van der Waals surface area (Å²) in [6.07, 6.45) is 0.225. The molecular formula is C11H15Cl2NO. The topological polar surface area (TPSA) is 46.2 Å². The molecule has 84 valence electrons. The fraction of sp³-hybridized carbons (Fsp3) is 0.455. The van der Waals surface area contributed by atoms with E-state index in [4.69, 9.17) is 28.9 Å². The van der Waals surface area contributed by atoms with E-state index in [9.17, 15) is 5.11 Å². The summed E-state index contributed by atoms with van der Waals surface area (Å²) in [5, 5.41) is 10.6. The highest BCUT2D eigenvalue weighted by Crippen LogP contribution is 2.29. The third-order valence-electron chi connectivity index (χ3n) is 2.31. The Balaban J connectivity index is 2.91. The van der Waals surface area contributed by atoms with Crippen LogP contribution in [-0.2, 0) is 0 Å². The number of nitrogens with two attached hydrogens (primary N) is 1. The fourth-order valence-corrected chi connectivity index (χ4v) is 2.16. The minimum absolute atomic E-state index is 0.0785. The first-order chi connectivity index (χ1) is 7.04. The first kappa shape index (κ1) is 12.8. The highest BCUT2D eigenvalue weighted by Gasteiger charge is 2.15. The van der Waals surface area contributed by atoms with Crippen LogP contribution in [-0.4, -0.2) is 17.8 Å². The molecule has 3 N–H and O–H groups in total. The smallest absolute Gasteiger partial charge is 0.0518 e. The highest BCUT2D eigenvalue weighted by molar-refractivity contribution is 6.35. The van der Waals surface area contributed by atoms with Gasteiger partial charge in [-0.3, -0.25) is 0 Å². The normalized spacial score (nSPS) is 15.0. The second kappa shape index (κ2) is 5.71. The lowest BCUT2D eigenvalue weighted by Gasteiger charge is -2.18. The standard InChI is InChI=1S/C11H15Cl2NO/c1-7(15)4-8(6-14)10-3-2-9(12)5-11(10)13/h2-3,5,7-8,15H,4,6,14H2,1H3. The molecule has 2 atom stereocenters. The second-order valence-corrected chi connectivity index (χ2v) is 4.53. The lowest BCUT2D eigenvalue weighted by atomic mass is 9.93. The van der Waals surface area contributed by atoms with Gasteiger partial charge in [-0.05, 0) is 37.6 Å². The molecule has 0 aliphatic rings. The Morgan fingerprint density at radius 1 is 1.40 bits per heavy atom. The van der Waals surface area contributed by atoms with Crippen LogP contribution < -0.4 is 5.73 Å². The number of halogens is 2. The Hall–Kier alpha value is -0.280. The first-order valence-electron chi connectivity index (χ1n) is 4.87. The number of aliphatic hydroxyl groups excluding tert-OH is 1. The van der Waals surface area contributed by atoms with E-state index in [1.807, 2.05) is 6.07 Å². The molecular weight excluding hydrogens is 233 g/mol. The van der Waals surface area contributed by atoms with Crippen LogP contribution >= 0.6 is 23.2 Å². The Morgan fingerprint density at radius 2 is 2.07 bits per heavy atom. The van der Waals surface area contributed by atoms with E-state index in [1.165, 1.54) is 0 Å². The van der Waals surface area contributed by atoms with Crippen molar-refractivity contribution in [3.8, 4) is 0 Å². The molecule has 0 aromatic heterocycles.